The molecule has 1 N–H and O–H groups in total. The number of aryl methyl sites for hydroxylation is 1. The van der Waals surface area contributed by atoms with Crippen molar-refractivity contribution in [2.45, 2.75) is 20.3 Å². The van der Waals surface area contributed by atoms with Crippen LogP contribution in [0.3, 0.4) is 0 Å². The maximum Gasteiger partial charge on any atom is 0.358 e. The number of pyridine rings is 1. The van der Waals surface area contributed by atoms with Crippen molar-refractivity contribution in [3.8, 4) is 0 Å². The molecule has 0 radical (unpaired) electrons. The number of carbonyl (C=O) groups is 1. The van der Waals surface area contributed by atoms with E-state index in [-0.39, 0.29) is 27.3 Å². The maximum absolute atomic E-state index is 14.7. The number of aromatic nitrogens is 3. The van der Waals surface area contributed by atoms with Crippen LogP contribution in [0.15, 0.2) is 18.2 Å². The largest absolute Gasteiger partial charge is 0.476 e. The lowest BCUT2D eigenvalue weighted by Gasteiger charge is -2.18. The minimum absolute atomic E-state index is 0.0344. The molecule has 21 heavy (non-hydrogen) atoms. The van der Waals surface area contributed by atoms with E-state index >= 15 is 0 Å². The number of hydrogen-bond donors (Lipinski definition) is 1. The van der Waals surface area contributed by atoms with E-state index in [1.807, 2.05) is 0 Å². The van der Waals surface area contributed by atoms with E-state index in [9.17, 15) is 9.28 Å². The van der Waals surface area contributed by atoms with E-state index in [0.717, 1.165) is 0 Å². The van der Waals surface area contributed by atoms with Crippen LogP contribution >= 0.6 is 11.6 Å². The summed E-state index contributed by atoms with van der Waals surface area (Å²) in [6, 6.07) is 4.74. The molecule has 0 aromatic carbocycles. The van der Waals surface area contributed by atoms with Gasteiger partial charge < -0.3 is 5.11 Å². The second-order valence-corrected chi connectivity index (χ2v) is 4.60. The standard InChI is InChI=1S/C13H12ClFN4O2/c1-3-8-11(10(13(20)21)17-18-12(8)14)19(15)9-6-4-5-7(2)16-9/h4-6H,3H2,1-2H3,(H,20,21). The number of carboxylic acid groups (broad SMARTS) is 1. The molecule has 0 fully saturated rings. The van der Waals surface area contributed by atoms with Crippen LogP contribution in [0.5, 0.6) is 0 Å². The van der Waals surface area contributed by atoms with Crippen molar-refractivity contribution in [2.75, 3.05) is 5.12 Å². The van der Waals surface area contributed by atoms with Crippen LogP contribution in [0.25, 0.3) is 0 Å². The molecule has 2 aromatic rings. The zero-order valence-electron chi connectivity index (χ0n) is 11.3. The monoisotopic (exact) mass is 310 g/mol. The fourth-order valence-corrected chi connectivity index (χ4v) is 2.12. The highest BCUT2D eigenvalue weighted by molar-refractivity contribution is 6.30. The van der Waals surface area contributed by atoms with Gasteiger partial charge in [0.25, 0.3) is 0 Å². The number of nitrogens with zero attached hydrogens (tertiary/aromatic N) is 4. The second kappa shape index (κ2) is 6.01. The van der Waals surface area contributed by atoms with Crippen molar-refractivity contribution < 1.29 is 14.4 Å². The molecule has 2 aromatic heterocycles. The zero-order chi connectivity index (χ0) is 15.6. The van der Waals surface area contributed by atoms with Crippen LogP contribution in [0.4, 0.5) is 16.0 Å². The first-order chi connectivity index (χ1) is 9.95. The molecule has 6 nitrogen and oxygen atoms in total. The van der Waals surface area contributed by atoms with Crippen LogP contribution in [0.2, 0.25) is 5.15 Å². The molecular weight excluding hydrogens is 299 g/mol. The number of hydrogen-bond acceptors (Lipinski definition) is 5. The van der Waals surface area contributed by atoms with E-state index in [1.54, 1.807) is 26.0 Å². The molecule has 0 aliphatic heterocycles. The Balaban J connectivity index is 2.65. The van der Waals surface area contributed by atoms with Crippen LogP contribution < -0.4 is 5.12 Å². The molecule has 0 saturated heterocycles. The molecule has 0 aliphatic carbocycles. The van der Waals surface area contributed by atoms with Gasteiger partial charge in [-0.3, -0.25) is 0 Å². The molecule has 0 atom stereocenters. The zero-order valence-corrected chi connectivity index (χ0v) is 12.1. The summed E-state index contributed by atoms with van der Waals surface area (Å²) in [6.07, 6.45) is 0.302. The van der Waals surface area contributed by atoms with Gasteiger partial charge in [-0.2, -0.15) is 5.12 Å². The third-order valence-corrected chi connectivity index (χ3v) is 3.13. The van der Waals surface area contributed by atoms with Crippen molar-refractivity contribution >= 4 is 29.1 Å². The molecule has 0 unspecified atom stereocenters. The lowest BCUT2D eigenvalue weighted by molar-refractivity contribution is 0.0689. The number of anilines is 2. The Bertz CT molecular complexity index is 696. The highest BCUT2D eigenvalue weighted by atomic mass is 35.5. The van der Waals surface area contributed by atoms with Gasteiger partial charge in [0.15, 0.2) is 16.7 Å². The van der Waals surface area contributed by atoms with Crippen LogP contribution in [0, 0.1) is 6.92 Å². The van der Waals surface area contributed by atoms with E-state index < -0.39 is 11.7 Å². The Morgan fingerprint density at radius 3 is 2.71 bits per heavy atom. The lowest BCUT2D eigenvalue weighted by atomic mass is 10.1. The fourth-order valence-electron chi connectivity index (χ4n) is 1.86. The van der Waals surface area contributed by atoms with Gasteiger partial charge in [-0.15, -0.1) is 10.2 Å². The molecule has 2 heterocycles. The first-order valence-electron chi connectivity index (χ1n) is 6.13. The van der Waals surface area contributed by atoms with Gasteiger partial charge in [-0.05, 0) is 25.5 Å². The summed E-state index contributed by atoms with van der Waals surface area (Å²) < 4.78 is 14.7. The number of halogens is 2. The molecule has 8 heteroatoms. The van der Waals surface area contributed by atoms with Crippen LogP contribution in [-0.4, -0.2) is 26.3 Å². The van der Waals surface area contributed by atoms with E-state index in [4.69, 9.17) is 16.7 Å². The number of aromatic carboxylic acids is 1. The Morgan fingerprint density at radius 2 is 2.14 bits per heavy atom. The Labute approximate surface area is 125 Å². The first kappa shape index (κ1) is 15.1. The quantitative estimate of drug-likeness (QED) is 0.874. The van der Waals surface area contributed by atoms with Crippen LogP contribution in [-0.2, 0) is 6.42 Å². The van der Waals surface area contributed by atoms with Crippen LogP contribution in [0.1, 0.15) is 28.7 Å². The van der Waals surface area contributed by atoms with Crippen molar-refractivity contribution in [1.29, 1.82) is 0 Å². The van der Waals surface area contributed by atoms with Crippen molar-refractivity contribution in [3.05, 3.63) is 40.3 Å². The van der Waals surface area contributed by atoms with Gasteiger partial charge in [0.05, 0.1) is 0 Å². The topological polar surface area (TPSA) is 79.2 Å². The van der Waals surface area contributed by atoms with Crippen molar-refractivity contribution in [1.82, 2.24) is 15.2 Å². The van der Waals surface area contributed by atoms with Gasteiger partial charge in [0, 0.05) is 11.3 Å². The smallest absolute Gasteiger partial charge is 0.358 e. The number of carboxylic acids is 1. The average molecular weight is 311 g/mol. The SMILES string of the molecule is CCc1c(Cl)nnc(C(=O)O)c1N(F)c1cccc(C)n1. The van der Waals surface area contributed by atoms with Gasteiger partial charge in [-0.1, -0.05) is 29.1 Å². The summed E-state index contributed by atoms with van der Waals surface area (Å²) in [5.74, 6) is -1.43. The third-order valence-electron chi connectivity index (χ3n) is 2.82. The predicted molar refractivity (Wildman–Crippen MR) is 75.6 cm³/mol. The Morgan fingerprint density at radius 1 is 1.43 bits per heavy atom. The van der Waals surface area contributed by atoms with Gasteiger partial charge in [0.2, 0.25) is 0 Å². The minimum Gasteiger partial charge on any atom is -0.476 e. The summed E-state index contributed by atoms with van der Waals surface area (Å²) in [4.78, 5) is 15.3. The highest BCUT2D eigenvalue weighted by Gasteiger charge is 2.26. The Kier molecular flexibility index (Phi) is 4.32. The summed E-state index contributed by atoms with van der Waals surface area (Å²) >= 11 is 5.89. The van der Waals surface area contributed by atoms with Gasteiger partial charge in [0.1, 0.15) is 5.69 Å². The highest BCUT2D eigenvalue weighted by Crippen LogP contribution is 2.33. The van der Waals surface area contributed by atoms with Gasteiger partial charge >= 0.3 is 5.97 Å². The lowest BCUT2D eigenvalue weighted by Crippen LogP contribution is -2.17. The maximum atomic E-state index is 14.7. The summed E-state index contributed by atoms with van der Waals surface area (Å²) in [6.45, 7) is 3.42. The molecule has 0 aliphatic rings. The predicted octanol–water partition coefficient (Wildman–Crippen LogP) is 3.12. The molecule has 2 rings (SSSR count). The first-order valence-corrected chi connectivity index (χ1v) is 6.51. The minimum atomic E-state index is -1.39. The third kappa shape index (κ3) is 2.92. The summed E-state index contributed by atoms with van der Waals surface area (Å²) in [5.41, 5.74) is 0.0956. The summed E-state index contributed by atoms with van der Waals surface area (Å²) in [7, 11) is 0. The molecule has 0 amide bonds. The molecule has 0 spiro atoms. The van der Waals surface area contributed by atoms with E-state index in [2.05, 4.69) is 15.2 Å². The molecule has 0 bridgehead atoms. The summed E-state index contributed by atoms with van der Waals surface area (Å²) in [5, 5.41) is 16.3. The molecule has 110 valence electrons. The van der Waals surface area contributed by atoms with E-state index in [0.29, 0.717) is 12.1 Å². The number of rotatable bonds is 4. The molecular formula is C13H12ClFN4O2. The van der Waals surface area contributed by atoms with Crippen molar-refractivity contribution in [3.63, 3.8) is 0 Å². The normalized spacial score (nSPS) is 10.5. The van der Waals surface area contributed by atoms with Crippen molar-refractivity contribution in [2.24, 2.45) is 0 Å². The second-order valence-electron chi connectivity index (χ2n) is 4.24. The molecule has 0 saturated carbocycles. The fraction of sp³-hybridized carbons (Fsp3) is 0.231. The van der Waals surface area contributed by atoms with Gasteiger partial charge in [-0.25, -0.2) is 9.78 Å². The van der Waals surface area contributed by atoms with E-state index in [1.165, 1.54) is 6.07 Å². The average Bonchev–Trinajstić information content (AvgIpc) is 2.45. The Hall–Kier alpha value is -2.28.